The highest BCUT2D eigenvalue weighted by molar-refractivity contribution is 5.75. The first kappa shape index (κ1) is 15.4. The van der Waals surface area contributed by atoms with E-state index in [-0.39, 0.29) is 12.2 Å². The molecule has 1 aliphatic heterocycles. The van der Waals surface area contributed by atoms with Crippen LogP contribution in [0.3, 0.4) is 0 Å². The summed E-state index contributed by atoms with van der Waals surface area (Å²) in [6.07, 6.45) is -1.37. The first-order valence-electron chi connectivity index (χ1n) is 6.24. The van der Waals surface area contributed by atoms with Crippen molar-refractivity contribution in [2.45, 2.75) is 12.0 Å². The van der Waals surface area contributed by atoms with E-state index in [0.29, 0.717) is 5.69 Å². The lowest BCUT2D eigenvalue weighted by Gasteiger charge is -2.40. The first-order chi connectivity index (χ1) is 9.82. The van der Waals surface area contributed by atoms with Crippen LogP contribution in [0, 0.1) is 5.82 Å². The van der Waals surface area contributed by atoms with Crippen molar-refractivity contribution in [3.8, 4) is 0 Å². The average Bonchev–Trinajstić information content (AvgIpc) is 2.41. The van der Waals surface area contributed by atoms with Gasteiger partial charge >= 0.3 is 5.97 Å². The van der Waals surface area contributed by atoms with E-state index in [1.165, 1.54) is 17.0 Å². The minimum atomic E-state index is -2.77. The smallest absolute Gasteiger partial charge is 0.336 e. The van der Waals surface area contributed by atoms with Crippen LogP contribution in [0.1, 0.15) is 0 Å². The molecule has 5 nitrogen and oxygen atoms in total. The zero-order valence-corrected chi connectivity index (χ0v) is 11.3. The number of ether oxygens (including phenoxy) is 1. The van der Waals surface area contributed by atoms with Gasteiger partial charge in [-0.25, -0.2) is 18.0 Å². The number of nitrogens with one attached hydrogen (secondary N) is 1. The maximum absolute atomic E-state index is 13.8. The lowest BCUT2D eigenvalue weighted by atomic mass is 10.1. The molecule has 2 rings (SSSR count). The number of hydrogen-bond acceptors (Lipinski definition) is 5. The van der Waals surface area contributed by atoms with Crippen molar-refractivity contribution in [1.29, 1.82) is 0 Å². The number of benzene rings is 1. The van der Waals surface area contributed by atoms with Crippen molar-refractivity contribution in [1.82, 2.24) is 0 Å². The molecule has 1 saturated heterocycles. The minimum Gasteiger partial charge on any atom is -0.467 e. The van der Waals surface area contributed by atoms with Gasteiger partial charge in [-0.2, -0.15) is 0 Å². The summed E-state index contributed by atoms with van der Waals surface area (Å²) in [4.78, 5) is 12.2. The number of methoxy groups -OCH3 is 1. The van der Waals surface area contributed by atoms with Crippen LogP contribution in [0.15, 0.2) is 18.2 Å². The standard InChI is InChI=1S/C13H15F3N2O3/c1-21-12(20)11(19)5-17-8-2-3-10(9(14)4-8)18-6-13(15,16)7-18/h2-4,11,17,19H,5-7H2,1H3/t11-/m1/s1. The summed E-state index contributed by atoms with van der Waals surface area (Å²) in [6, 6.07) is 3.98. The van der Waals surface area contributed by atoms with Gasteiger partial charge < -0.3 is 20.1 Å². The fourth-order valence-corrected chi connectivity index (χ4v) is 1.99. The maximum Gasteiger partial charge on any atom is 0.336 e. The third-order valence-corrected chi connectivity index (χ3v) is 3.11. The Bertz CT molecular complexity index is 531. The van der Waals surface area contributed by atoms with E-state index in [0.717, 1.165) is 13.2 Å². The predicted octanol–water partition coefficient (Wildman–Crippen LogP) is 1.23. The summed E-state index contributed by atoms with van der Waals surface area (Å²) >= 11 is 0. The van der Waals surface area contributed by atoms with Gasteiger partial charge in [-0.3, -0.25) is 0 Å². The van der Waals surface area contributed by atoms with Crippen LogP contribution in [0.25, 0.3) is 0 Å². The number of aliphatic hydroxyl groups is 1. The average molecular weight is 304 g/mol. The molecule has 0 amide bonds. The van der Waals surface area contributed by atoms with E-state index in [4.69, 9.17) is 0 Å². The number of halogens is 3. The zero-order valence-electron chi connectivity index (χ0n) is 11.3. The number of esters is 1. The van der Waals surface area contributed by atoms with Crippen molar-refractivity contribution < 1.29 is 27.8 Å². The van der Waals surface area contributed by atoms with E-state index in [1.807, 2.05) is 0 Å². The molecule has 0 unspecified atom stereocenters. The van der Waals surface area contributed by atoms with Gasteiger partial charge in [0.05, 0.1) is 32.4 Å². The molecule has 1 aliphatic rings. The van der Waals surface area contributed by atoms with Gasteiger partial charge in [0.25, 0.3) is 5.92 Å². The van der Waals surface area contributed by atoms with Gasteiger partial charge in [0, 0.05) is 5.69 Å². The van der Waals surface area contributed by atoms with Gasteiger partial charge in [-0.1, -0.05) is 0 Å². The summed E-state index contributed by atoms with van der Waals surface area (Å²) in [6.45, 7) is -1.15. The Balaban J connectivity index is 1.95. The number of carbonyl (C=O) groups excluding carboxylic acids is 1. The molecule has 21 heavy (non-hydrogen) atoms. The summed E-state index contributed by atoms with van der Waals surface area (Å²) in [5.74, 6) is -4.22. The molecule has 8 heteroatoms. The summed E-state index contributed by atoms with van der Waals surface area (Å²) in [7, 11) is 1.14. The molecule has 2 N–H and O–H groups in total. The largest absolute Gasteiger partial charge is 0.467 e. The molecule has 0 aliphatic carbocycles. The van der Waals surface area contributed by atoms with Crippen LogP contribution < -0.4 is 10.2 Å². The highest BCUT2D eigenvalue weighted by Crippen LogP contribution is 2.34. The van der Waals surface area contributed by atoms with Crippen molar-refractivity contribution in [3.63, 3.8) is 0 Å². The molecule has 1 heterocycles. The third kappa shape index (κ3) is 3.57. The fourth-order valence-electron chi connectivity index (χ4n) is 1.99. The molecule has 0 aromatic heterocycles. The van der Waals surface area contributed by atoms with Gasteiger partial charge in [0.1, 0.15) is 5.82 Å². The number of hydrogen-bond donors (Lipinski definition) is 2. The summed E-state index contributed by atoms with van der Waals surface area (Å²) in [5, 5.41) is 12.0. The normalized spacial score (nSPS) is 17.9. The van der Waals surface area contributed by atoms with Crippen molar-refractivity contribution in [2.75, 3.05) is 37.0 Å². The second kappa shape index (κ2) is 5.80. The molecule has 1 aromatic carbocycles. The second-order valence-corrected chi connectivity index (χ2v) is 4.80. The Morgan fingerprint density at radius 1 is 1.52 bits per heavy atom. The third-order valence-electron chi connectivity index (χ3n) is 3.11. The van der Waals surface area contributed by atoms with E-state index in [2.05, 4.69) is 10.1 Å². The fraction of sp³-hybridized carbons (Fsp3) is 0.462. The van der Waals surface area contributed by atoms with Gasteiger partial charge in [-0.15, -0.1) is 0 Å². The number of carbonyl (C=O) groups is 1. The van der Waals surface area contributed by atoms with Crippen LogP contribution in [0.4, 0.5) is 24.5 Å². The number of nitrogens with zero attached hydrogens (tertiary/aromatic N) is 1. The van der Waals surface area contributed by atoms with Crippen molar-refractivity contribution >= 4 is 17.3 Å². The molecule has 1 aromatic rings. The summed E-state index contributed by atoms with van der Waals surface area (Å²) < 4.78 is 43.7. The first-order valence-corrected chi connectivity index (χ1v) is 6.24. The van der Waals surface area contributed by atoms with E-state index >= 15 is 0 Å². The monoisotopic (exact) mass is 304 g/mol. The van der Waals surface area contributed by atoms with E-state index in [9.17, 15) is 23.1 Å². The number of alkyl halides is 2. The Hall–Kier alpha value is -1.96. The van der Waals surface area contributed by atoms with Crippen molar-refractivity contribution in [2.24, 2.45) is 0 Å². The van der Waals surface area contributed by atoms with Crippen LogP contribution >= 0.6 is 0 Å². The Morgan fingerprint density at radius 3 is 2.71 bits per heavy atom. The number of aliphatic hydroxyl groups excluding tert-OH is 1. The Labute approximate surface area is 119 Å². The summed E-state index contributed by atoms with van der Waals surface area (Å²) in [5.41, 5.74) is 0.423. The highest BCUT2D eigenvalue weighted by atomic mass is 19.3. The van der Waals surface area contributed by atoms with Crippen LogP contribution in [-0.4, -0.2) is 49.8 Å². The van der Waals surface area contributed by atoms with E-state index < -0.39 is 36.9 Å². The molecule has 0 bridgehead atoms. The lowest BCUT2D eigenvalue weighted by molar-refractivity contribution is -0.149. The van der Waals surface area contributed by atoms with Gasteiger partial charge in [0.15, 0.2) is 6.10 Å². The van der Waals surface area contributed by atoms with Crippen LogP contribution in [-0.2, 0) is 9.53 Å². The second-order valence-electron chi connectivity index (χ2n) is 4.80. The molecule has 0 spiro atoms. The minimum absolute atomic E-state index is 0.0972. The topological polar surface area (TPSA) is 61.8 Å². The van der Waals surface area contributed by atoms with E-state index in [1.54, 1.807) is 0 Å². The molecule has 0 radical (unpaired) electrons. The molecular weight excluding hydrogens is 289 g/mol. The van der Waals surface area contributed by atoms with Crippen LogP contribution in [0.5, 0.6) is 0 Å². The number of anilines is 2. The van der Waals surface area contributed by atoms with Gasteiger partial charge in [-0.05, 0) is 18.2 Å². The molecule has 1 atom stereocenters. The van der Waals surface area contributed by atoms with Crippen LogP contribution in [0.2, 0.25) is 0 Å². The van der Waals surface area contributed by atoms with Crippen molar-refractivity contribution in [3.05, 3.63) is 24.0 Å². The molecule has 1 fully saturated rings. The zero-order chi connectivity index (χ0) is 15.6. The molecule has 0 saturated carbocycles. The Morgan fingerprint density at radius 2 is 2.19 bits per heavy atom. The SMILES string of the molecule is COC(=O)[C@H](O)CNc1ccc(N2CC(F)(F)C2)c(F)c1. The predicted molar refractivity (Wildman–Crippen MR) is 70.1 cm³/mol. The van der Waals surface area contributed by atoms with Gasteiger partial charge in [0.2, 0.25) is 0 Å². The quantitative estimate of drug-likeness (QED) is 0.801. The molecular formula is C13H15F3N2O3. The maximum atomic E-state index is 13.8. The molecule has 116 valence electrons. The highest BCUT2D eigenvalue weighted by Gasteiger charge is 2.44. The Kier molecular flexibility index (Phi) is 4.26. The lowest BCUT2D eigenvalue weighted by Crippen LogP contribution is -2.56. The number of rotatable bonds is 5.